The molecule has 1 heterocycles. The van der Waals surface area contributed by atoms with E-state index in [0.717, 1.165) is 44.2 Å². The monoisotopic (exact) mass is 223 g/mol. The maximum Gasteiger partial charge on any atom is 0.172 e. The first-order valence-electron chi connectivity index (χ1n) is 5.86. The van der Waals surface area contributed by atoms with Crippen LogP contribution in [0.2, 0.25) is 0 Å². The molecule has 0 radical (unpaired) electrons. The molecule has 1 aliphatic carbocycles. The summed E-state index contributed by atoms with van der Waals surface area (Å²) in [5.41, 5.74) is 1.49. The van der Waals surface area contributed by atoms with E-state index in [9.17, 15) is 4.79 Å². The van der Waals surface area contributed by atoms with E-state index >= 15 is 0 Å². The lowest BCUT2D eigenvalue weighted by molar-refractivity contribution is 0.111. The van der Waals surface area contributed by atoms with Gasteiger partial charge in [-0.3, -0.25) is 4.79 Å². The summed E-state index contributed by atoms with van der Waals surface area (Å²) in [6.45, 7) is 0.946. The van der Waals surface area contributed by atoms with E-state index in [1.165, 1.54) is 6.42 Å². The van der Waals surface area contributed by atoms with E-state index in [-0.39, 0.29) is 6.61 Å². The summed E-state index contributed by atoms with van der Waals surface area (Å²) in [5.74, 6) is 0.462. The zero-order valence-corrected chi connectivity index (χ0v) is 9.30. The second-order valence-electron chi connectivity index (χ2n) is 4.26. The number of aryl methyl sites for hydroxylation is 1. The van der Waals surface area contributed by atoms with Crippen LogP contribution in [0.3, 0.4) is 0 Å². The number of aromatic nitrogens is 3. The van der Waals surface area contributed by atoms with E-state index in [0.29, 0.717) is 11.6 Å². The zero-order chi connectivity index (χ0) is 11.4. The van der Waals surface area contributed by atoms with Crippen LogP contribution < -0.4 is 0 Å². The van der Waals surface area contributed by atoms with Gasteiger partial charge in [0.05, 0.1) is 5.69 Å². The van der Waals surface area contributed by atoms with E-state index < -0.39 is 0 Å². The average Bonchev–Trinajstić information content (AvgIpc) is 2.60. The molecule has 16 heavy (non-hydrogen) atoms. The van der Waals surface area contributed by atoms with Gasteiger partial charge < -0.3 is 5.11 Å². The lowest BCUT2D eigenvalue weighted by Crippen LogP contribution is -2.17. The van der Waals surface area contributed by atoms with E-state index in [2.05, 4.69) is 10.3 Å². The molecule has 1 aliphatic rings. The van der Waals surface area contributed by atoms with Gasteiger partial charge in [-0.15, -0.1) is 5.10 Å². The molecule has 5 heteroatoms. The highest BCUT2D eigenvalue weighted by molar-refractivity contribution is 5.73. The van der Waals surface area contributed by atoms with Crippen LogP contribution in [0.1, 0.15) is 54.2 Å². The highest BCUT2D eigenvalue weighted by Gasteiger charge is 2.27. The van der Waals surface area contributed by atoms with Gasteiger partial charge in [-0.05, 0) is 25.7 Å². The third-order valence-electron chi connectivity index (χ3n) is 3.18. The fourth-order valence-corrected chi connectivity index (χ4v) is 2.06. The first-order valence-corrected chi connectivity index (χ1v) is 5.86. The van der Waals surface area contributed by atoms with Crippen molar-refractivity contribution in [1.82, 2.24) is 15.0 Å². The van der Waals surface area contributed by atoms with Gasteiger partial charge in [0.15, 0.2) is 6.29 Å². The zero-order valence-electron chi connectivity index (χ0n) is 9.30. The van der Waals surface area contributed by atoms with Crippen LogP contribution in [0, 0.1) is 0 Å². The molecule has 0 spiro atoms. The van der Waals surface area contributed by atoms with E-state index in [1.54, 1.807) is 0 Å². The molecule has 0 aromatic carbocycles. The maximum atomic E-state index is 10.9. The molecule has 1 N–H and O–H groups in total. The Labute approximate surface area is 94.5 Å². The lowest BCUT2D eigenvalue weighted by atomic mass is 9.82. The highest BCUT2D eigenvalue weighted by Crippen LogP contribution is 2.37. The van der Waals surface area contributed by atoms with Crippen LogP contribution in [-0.2, 0) is 6.54 Å². The Morgan fingerprint density at radius 3 is 2.81 bits per heavy atom. The van der Waals surface area contributed by atoms with Crippen molar-refractivity contribution in [3.63, 3.8) is 0 Å². The quantitative estimate of drug-likeness (QED) is 0.580. The SMILES string of the molecule is O=Cc1nnn(CCCCO)c1C1CCC1. The molecule has 0 atom stereocenters. The van der Waals surface area contributed by atoms with Crippen LogP contribution in [0.4, 0.5) is 0 Å². The van der Waals surface area contributed by atoms with Gasteiger partial charge in [0.1, 0.15) is 5.69 Å². The molecule has 2 rings (SSSR count). The number of unbranched alkanes of at least 4 members (excludes halogenated alkanes) is 1. The maximum absolute atomic E-state index is 10.9. The van der Waals surface area contributed by atoms with Gasteiger partial charge in [0.2, 0.25) is 0 Å². The number of rotatable bonds is 6. The van der Waals surface area contributed by atoms with E-state index in [1.807, 2.05) is 4.68 Å². The van der Waals surface area contributed by atoms with Crippen LogP contribution in [0.25, 0.3) is 0 Å². The smallest absolute Gasteiger partial charge is 0.172 e. The number of aldehydes is 1. The molecule has 0 amide bonds. The van der Waals surface area contributed by atoms with Crippen LogP contribution in [-0.4, -0.2) is 33.0 Å². The summed E-state index contributed by atoms with van der Waals surface area (Å²) in [5, 5.41) is 16.6. The number of carbonyl (C=O) groups excluding carboxylic acids is 1. The summed E-state index contributed by atoms with van der Waals surface area (Å²) in [6, 6.07) is 0. The Kier molecular flexibility index (Phi) is 3.66. The fourth-order valence-electron chi connectivity index (χ4n) is 2.06. The largest absolute Gasteiger partial charge is 0.396 e. The first-order chi connectivity index (χ1) is 7.86. The Balaban J connectivity index is 2.10. The standard InChI is InChI=1S/C11H17N3O2/c15-7-2-1-6-14-11(9-4-3-5-9)10(8-16)12-13-14/h8-9,15H,1-7H2. The van der Waals surface area contributed by atoms with Gasteiger partial charge in [-0.2, -0.15) is 0 Å². The third-order valence-corrected chi connectivity index (χ3v) is 3.18. The number of nitrogens with zero attached hydrogens (tertiary/aromatic N) is 3. The molecule has 1 saturated carbocycles. The van der Waals surface area contributed by atoms with Crippen LogP contribution in [0.15, 0.2) is 0 Å². The molecule has 1 fully saturated rings. The molecule has 1 aromatic rings. The second-order valence-corrected chi connectivity index (χ2v) is 4.26. The summed E-state index contributed by atoms with van der Waals surface area (Å²) < 4.78 is 1.84. The second kappa shape index (κ2) is 5.21. The number of hydrogen-bond acceptors (Lipinski definition) is 4. The predicted molar refractivity (Wildman–Crippen MR) is 58.3 cm³/mol. The normalized spacial score (nSPS) is 16.1. The average molecular weight is 223 g/mol. The summed E-state index contributed by atoms with van der Waals surface area (Å²) in [6.07, 6.45) is 5.93. The summed E-state index contributed by atoms with van der Waals surface area (Å²) in [4.78, 5) is 10.9. The molecule has 0 saturated heterocycles. The van der Waals surface area contributed by atoms with Gasteiger partial charge in [0.25, 0.3) is 0 Å². The van der Waals surface area contributed by atoms with Crippen molar-refractivity contribution < 1.29 is 9.90 Å². The Morgan fingerprint density at radius 1 is 1.44 bits per heavy atom. The molecule has 0 unspecified atom stereocenters. The first kappa shape index (κ1) is 11.3. The van der Waals surface area contributed by atoms with Gasteiger partial charge in [-0.25, -0.2) is 4.68 Å². The number of hydrogen-bond donors (Lipinski definition) is 1. The van der Waals surface area contributed by atoms with Crippen molar-refractivity contribution in [3.8, 4) is 0 Å². The van der Waals surface area contributed by atoms with Crippen molar-refractivity contribution in [2.24, 2.45) is 0 Å². The van der Waals surface area contributed by atoms with E-state index in [4.69, 9.17) is 5.11 Å². The molecule has 5 nitrogen and oxygen atoms in total. The van der Waals surface area contributed by atoms with Crippen LogP contribution in [0.5, 0.6) is 0 Å². The van der Waals surface area contributed by atoms with Crippen molar-refractivity contribution in [3.05, 3.63) is 11.4 Å². The number of aliphatic hydroxyl groups is 1. The molecule has 1 aromatic heterocycles. The van der Waals surface area contributed by atoms with Crippen molar-refractivity contribution in [2.45, 2.75) is 44.6 Å². The summed E-state index contributed by atoms with van der Waals surface area (Å²) in [7, 11) is 0. The predicted octanol–water partition coefficient (Wildman–Crippen LogP) is 1.13. The van der Waals surface area contributed by atoms with Gasteiger partial charge >= 0.3 is 0 Å². The lowest BCUT2D eigenvalue weighted by Gasteiger charge is -2.26. The molecular weight excluding hydrogens is 206 g/mol. The minimum atomic E-state index is 0.202. The molecule has 88 valence electrons. The third kappa shape index (κ3) is 2.14. The molecular formula is C11H17N3O2. The van der Waals surface area contributed by atoms with Crippen LogP contribution >= 0.6 is 0 Å². The van der Waals surface area contributed by atoms with Gasteiger partial charge in [0, 0.05) is 19.1 Å². The van der Waals surface area contributed by atoms with Crippen molar-refractivity contribution in [2.75, 3.05) is 6.61 Å². The molecule has 0 bridgehead atoms. The Morgan fingerprint density at radius 2 is 2.25 bits per heavy atom. The van der Waals surface area contributed by atoms with Gasteiger partial charge in [-0.1, -0.05) is 11.6 Å². The Bertz CT molecular complexity index is 358. The minimum Gasteiger partial charge on any atom is -0.396 e. The topological polar surface area (TPSA) is 68.0 Å². The minimum absolute atomic E-state index is 0.202. The fraction of sp³-hybridized carbons (Fsp3) is 0.727. The summed E-state index contributed by atoms with van der Waals surface area (Å²) >= 11 is 0. The number of carbonyl (C=O) groups is 1. The Hall–Kier alpha value is -1.23. The molecule has 0 aliphatic heterocycles. The van der Waals surface area contributed by atoms with Crippen molar-refractivity contribution >= 4 is 6.29 Å². The number of aliphatic hydroxyl groups excluding tert-OH is 1. The van der Waals surface area contributed by atoms with Crippen molar-refractivity contribution in [1.29, 1.82) is 0 Å². The highest BCUT2D eigenvalue weighted by atomic mass is 16.2.